The monoisotopic (exact) mass is 272 g/mol. The van der Waals surface area contributed by atoms with Crippen LogP contribution in [0.4, 0.5) is 19.0 Å². The van der Waals surface area contributed by atoms with E-state index in [1.54, 1.807) is 11.0 Å². The number of Topliss-reactive ketones (excluding diaryl/α,β-unsaturated/α-hetero) is 1. The van der Waals surface area contributed by atoms with E-state index in [4.69, 9.17) is 0 Å². The highest BCUT2D eigenvalue weighted by Gasteiger charge is 2.33. The molecule has 19 heavy (non-hydrogen) atoms. The van der Waals surface area contributed by atoms with Gasteiger partial charge >= 0.3 is 6.18 Å². The molecule has 1 fully saturated rings. The van der Waals surface area contributed by atoms with Gasteiger partial charge in [0.05, 0.1) is 0 Å². The zero-order chi connectivity index (χ0) is 14.0. The summed E-state index contributed by atoms with van der Waals surface area (Å²) in [5, 5.41) is 0. The second-order valence-corrected chi connectivity index (χ2v) is 4.77. The fraction of sp³-hybridized carbons (Fsp3) is 0.538. The quantitative estimate of drug-likeness (QED) is 0.830. The van der Waals surface area contributed by atoms with E-state index in [-0.39, 0.29) is 11.7 Å². The molecule has 1 unspecified atom stereocenters. The number of carbonyl (C=O) groups excluding carboxylic acids is 1. The smallest absolute Gasteiger partial charge is 0.356 e. The zero-order valence-electron chi connectivity index (χ0n) is 10.6. The number of hydrogen-bond acceptors (Lipinski definition) is 3. The first-order valence-corrected chi connectivity index (χ1v) is 6.17. The largest absolute Gasteiger partial charge is 0.433 e. The van der Waals surface area contributed by atoms with Crippen LogP contribution < -0.4 is 4.90 Å². The molecule has 1 aromatic rings. The van der Waals surface area contributed by atoms with Crippen molar-refractivity contribution < 1.29 is 18.0 Å². The lowest BCUT2D eigenvalue weighted by Gasteiger charge is -2.32. The third kappa shape index (κ3) is 3.24. The van der Waals surface area contributed by atoms with Crippen molar-refractivity contribution in [2.75, 3.05) is 18.0 Å². The molecule has 1 atom stereocenters. The van der Waals surface area contributed by atoms with Gasteiger partial charge in [0.1, 0.15) is 17.3 Å². The van der Waals surface area contributed by atoms with Gasteiger partial charge in [-0.25, -0.2) is 4.98 Å². The number of piperidine rings is 1. The molecule has 0 bridgehead atoms. The van der Waals surface area contributed by atoms with Crippen molar-refractivity contribution in [2.24, 2.45) is 5.92 Å². The van der Waals surface area contributed by atoms with Crippen molar-refractivity contribution in [1.29, 1.82) is 0 Å². The molecule has 1 saturated heterocycles. The molecule has 1 aromatic heterocycles. The molecule has 0 amide bonds. The Kier molecular flexibility index (Phi) is 3.78. The number of carbonyl (C=O) groups is 1. The highest BCUT2D eigenvalue weighted by molar-refractivity contribution is 5.79. The highest BCUT2D eigenvalue weighted by Crippen LogP contribution is 2.30. The van der Waals surface area contributed by atoms with Gasteiger partial charge in [-0.05, 0) is 31.9 Å². The van der Waals surface area contributed by atoms with Crippen molar-refractivity contribution in [3.63, 3.8) is 0 Å². The summed E-state index contributed by atoms with van der Waals surface area (Å²) in [5.74, 6) is 0.266. The summed E-state index contributed by atoms with van der Waals surface area (Å²) in [6.45, 7) is 2.61. The SMILES string of the molecule is CC(=O)C1CCCN(c2cccc(C(F)(F)F)n2)C1. The van der Waals surface area contributed by atoms with Crippen LogP contribution in [-0.2, 0) is 11.0 Å². The summed E-state index contributed by atoms with van der Waals surface area (Å²) in [5.41, 5.74) is -0.894. The van der Waals surface area contributed by atoms with Crippen LogP contribution in [0.5, 0.6) is 0 Å². The Morgan fingerprint density at radius 3 is 2.79 bits per heavy atom. The van der Waals surface area contributed by atoms with Crippen molar-refractivity contribution in [2.45, 2.75) is 25.9 Å². The van der Waals surface area contributed by atoms with Crippen molar-refractivity contribution in [1.82, 2.24) is 4.98 Å². The molecule has 2 heterocycles. The number of halogens is 3. The van der Waals surface area contributed by atoms with Crippen LogP contribution >= 0.6 is 0 Å². The molecule has 0 saturated carbocycles. The van der Waals surface area contributed by atoms with Crippen molar-refractivity contribution in [3.05, 3.63) is 23.9 Å². The van der Waals surface area contributed by atoms with Gasteiger partial charge in [0, 0.05) is 19.0 Å². The maximum absolute atomic E-state index is 12.6. The molecule has 0 N–H and O–H groups in total. The average molecular weight is 272 g/mol. The van der Waals surface area contributed by atoms with Crippen LogP contribution in [-0.4, -0.2) is 23.9 Å². The molecule has 2 rings (SSSR count). The lowest BCUT2D eigenvalue weighted by Crippen LogP contribution is -2.38. The summed E-state index contributed by atoms with van der Waals surface area (Å²) in [6, 6.07) is 3.86. The Morgan fingerprint density at radius 2 is 2.16 bits per heavy atom. The topological polar surface area (TPSA) is 33.2 Å². The fourth-order valence-corrected chi connectivity index (χ4v) is 2.27. The minimum Gasteiger partial charge on any atom is -0.356 e. The molecular formula is C13H15F3N2O. The minimum absolute atomic E-state index is 0.0803. The first-order valence-electron chi connectivity index (χ1n) is 6.17. The third-order valence-corrected chi connectivity index (χ3v) is 3.35. The van der Waals surface area contributed by atoms with Gasteiger partial charge in [-0.3, -0.25) is 4.79 Å². The summed E-state index contributed by atoms with van der Waals surface area (Å²) in [7, 11) is 0. The Balaban J connectivity index is 2.20. The first kappa shape index (κ1) is 13.8. The number of aromatic nitrogens is 1. The number of pyridine rings is 1. The Hall–Kier alpha value is -1.59. The molecule has 0 aromatic carbocycles. The molecule has 1 aliphatic heterocycles. The minimum atomic E-state index is -4.44. The van der Waals surface area contributed by atoms with Gasteiger partial charge in [-0.1, -0.05) is 6.07 Å². The number of nitrogens with zero attached hydrogens (tertiary/aromatic N) is 2. The van der Waals surface area contributed by atoms with Crippen LogP contribution in [0, 0.1) is 5.92 Å². The Bertz CT molecular complexity index is 473. The van der Waals surface area contributed by atoms with Gasteiger partial charge in [0.25, 0.3) is 0 Å². The number of anilines is 1. The molecule has 104 valence electrons. The van der Waals surface area contributed by atoms with E-state index in [0.29, 0.717) is 18.9 Å². The van der Waals surface area contributed by atoms with Gasteiger partial charge < -0.3 is 4.90 Å². The van der Waals surface area contributed by atoms with Gasteiger partial charge in [-0.2, -0.15) is 13.2 Å². The standard InChI is InChI=1S/C13H15F3N2O/c1-9(19)10-4-3-7-18(8-10)12-6-2-5-11(17-12)13(14,15)16/h2,5-6,10H,3-4,7-8H2,1H3. The van der Waals surface area contributed by atoms with Crippen molar-refractivity contribution in [3.8, 4) is 0 Å². The molecule has 0 radical (unpaired) electrons. The molecule has 6 heteroatoms. The van der Waals surface area contributed by atoms with Gasteiger partial charge in [0.15, 0.2) is 0 Å². The molecular weight excluding hydrogens is 257 g/mol. The summed E-state index contributed by atoms with van der Waals surface area (Å²) in [4.78, 5) is 16.8. The second-order valence-electron chi connectivity index (χ2n) is 4.77. The van der Waals surface area contributed by atoms with E-state index in [9.17, 15) is 18.0 Å². The molecule has 3 nitrogen and oxygen atoms in total. The maximum Gasteiger partial charge on any atom is 0.433 e. The lowest BCUT2D eigenvalue weighted by atomic mass is 9.94. The number of rotatable bonds is 2. The van der Waals surface area contributed by atoms with E-state index in [1.165, 1.54) is 13.0 Å². The van der Waals surface area contributed by atoms with E-state index in [0.717, 1.165) is 18.9 Å². The first-order chi connectivity index (χ1) is 8.88. The van der Waals surface area contributed by atoms with Crippen LogP contribution in [0.15, 0.2) is 18.2 Å². The van der Waals surface area contributed by atoms with Crippen LogP contribution in [0.25, 0.3) is 0 Å². The van der Waals surface area contributed by atoms with E-state index < -0.39 is 11.9 Å². The van der Waals surface area contributed by atoms with Gasteiger partial charge in [-0.15, -0.1) is 0 Å². The normalized spacial score (nSPS) is 20.4. The third-order valence-electron chi connectivity index (χ3n) is 3.35. The summed E-state index contributed by atoms with van der Waals surface area (Å²) >= 11 is 0. The lowest BCUT2D eigenvalue weighted by molar-refractivity contribution is -0.141. The van der Waals surface area contributed by atoms with Crippen LogP contribution in [0.2, 0.25) is 0 Å². The molecule has 1 aliphatic rings. The maximum atomic E-state index is 12.6. The Morgan fingerprint density at radius 1 is 1.42 bits per heavy atom. The van der Waals surface area contributed by atoms with E-state index in [2.05, 4.69) is 4.98 Å². The van der Waals surface area contributed by atoms with Crippen LogP contribution in [0.1, 0.15) is 25.5 Å². The molecule has 0 aliphatic carbocycles. The summed E-state index contributed by atoms with van der Waals surface area (Å²) in [6.07, 6.45) is -2.85. The molecule has 0 spiro atoms. The highest BCUT2D eigenvalue weighted by atomic mass is 19.4. The number of alkyl halides is 3. The average Bonchev–Trinajstić information content (AvgIpc) is 2.38. The van der Waals surface area contributed by atoms with Gasteiger partial charge in [0.2, 0.25) is 0 Å². The predicted molar refractivity (Wildman–Crippen MR) is 64.9 cm³/mol. The van der Waals surface area contributed by atoms with E-state index >= 15 is 0 Å². The number of ketones is 1. The number of hydrogen-bond donors (Lipinski definition) is 0. The second kappa shape index (κ2) is 5.19. The zero-order valence-corrected chi connectivity index (χ0v) is 10.6. The van der Waals surface area contributed by atoms with Crippen molar-refractivity contribution >= 4 is 11.6 Å². The van der Waals surface area contributed by atoms with Crippen LogP contribution in [0.3, 0.4) is 0 Å². The Labute approximate surface area is 109 Å². The summed E-state index contributed by atoms with van der Waals surface area (Å²) < 4.78 is 37.8. The van der Waals surface area contributed by atoms with E-state index in [1.807, 2.05) is 0 Å². The predicted octanol–water partition coefficient (Wildman–Crippen LogP) is 2.91. The fourth-order valence-electron chi connectivity index (χ4n) is 2.27.